The summed E-state index contributed by atoms with van der Waals surface area (Å²) in [6, 6.07) is 6.35. The van der Waals surface area contributed by atoms with Crippen LogP contribution in [0.1, 0.15) is 21.8 Å². The van der Waals surface area contributed by atoms with Gasteiger partial charge < -0.3 is 10.1 Å². The smallest absolute Gasteiger partial charge is 0.122 e. The summed E-state index contributed by atoms with van der Waals surface area (Å²) in [4.78, 5) is 4.47. The molecule has 0 fully saturated rings. The van der Waals surface area contributed by atoms with Crippen LogP contribution < -0.4 is 10.1 Å². The van der Waals surface area contributed by atoms with Crippen LogP contribution >= 0.6 is 11.3 Å². The lowest BCUT2D eigenvalue weighted by atomic mass is 10.1. The van der Waals surface area contributed by atoms with Gasteiger partial charge in [0.1, 0.15) is 18.0 Å². The largest absolute Gasteiger partial charge is 0.496 e. The second-order valence-corrected chi connectivity index (χ2v) is 5.77. The summed E-state index contributed by atoms with van der Waals surface area (Å²) >= 11 is 1.72. The van der Waals surface area contributed by atoms with E-state index >= 15 is 0 Å². The highest BCUT2D eigenvalue weighted by Gasteiger charge is 2.05. The fourth-order valence-corrected chi connectivity index (χ4v) is 2.74. The number of rotatable bonds is 6. The summed E-state index contributed by atoms with van der Waals surface area (Å²) in [7, 11) is 1.73. The molecule has 1 aromatic heterocycles. The van der Waals surface area contributed by atoms with Gasteiger partial charge in [-0.1, -0.05) is 17.7 Å². The molecule has 4 heteroatoms. The van der Waals surface area contributed by atoms with Crippen molar-refractivity contribution in [1.82, 2.24) is 4.98 Å². The fraction of sp³-hybridized carbons (Fsp3) is 0.400. The van der Waals surface area contributed by atoms with Gasteiger partial charge in [0.15, 0.2) is 0 Å². The number of hydrogen-bond donors (Lipinski definition) is 1. The molecule has 2 N–H and O–H groups in total. The van der Waals surface area contributed by atoms with Gasteiger partial charge in [0.05, 0.1) is 18.7 Å². The zero-order valence-corrected chi connectivity index (χ0v) is 12.6. The van der Waals surface area contributed by atoms with Crippen LogP contribution in [0.15, 0.2) is 23.6 Å². The Labute approximate surface area is 118 Å². The predicted octanol–water partition coefficient (Wildman–Crippen LogP) is 2.07. The maximum Gasteiger partial charge on any atom is 0.122 e. The molecule has 2 rings (SSSR count). The molecule has 0 aliphatic rings. The van der Waals surface area contributed by atoms with Gasteiger partial charge >= 0.3 is 0 Å². The second-order valence-electron chi connectivity index (χ2n) is 4.70. The average Bonchev–Trinajstić information content (AvgIpc) is 2.81. The molecule has 0 bridgehead atoms. The van der Waals surface area contributed by atoms with E-state index in [-0.39, 0.29) is 0 Å². The number of quaternary nitrogens is 1. The van der Waals surface area contributed by atoms with Gasteiger partial charge in [0.2, 0.25) is 0 Å². The van der Waals surface area contributed by atoms with E-state index in [1.54, 1.807) is 18.4 Å². The van der Waals surface area contributed by atoms with Crippen molar-refractivity contribution < 1.29 is 10.1 Å². The van der Waals surface area contributed by atoms with Crippen molar-refractivity contribution in [2.45, 2.75) is 26.8 Å². The van der Waals surface area contributed by atoms with Crippen LogP contribution in [0.3, 0.4) is 0 Å². The van der Waals surface area contributed by atoms with Gasteiger partial charge in [-0.05, 0) is 25.5 Å². The molecule has 1 aromatic carbocycles. The maximum atomic E-state index is 5.39. The second kappa shape index (κ2) is 6.68. The van der Waals surface area contributed by atoms with Gasteiger partial charge in [-0.15, -0.1) is 11.3 Å². The number of benzene rings is 1. The van der Waals surface area contributed by atoms with E-state index in [1.165, 1.54) is 16.8 Å². The molecule has 0 radical (unpaired) electrons. The van der Waals surface area contributed by atoms with Gasteiger partial charge in [0.25, 0.3) is 0 Å². The zero-order valence-electron chi connectivity index (χ0n) is 11.8. The molecule has 0 saturated carbocycles. The van der Waals surface area contributed by atoms with E-state index in [0.29, 0.717) is 0 Å². The average molecular weight is 277 g/mol. The standard InChI is InChI=1S/C15H20N2OS/c1-11-4-5-15(18-3)13(8-11)6-7-16-9-14-10-19-12(2)17-14/h4-5,8,10,16H,6-7,9H2,1-3H3/p+1. The number of hydrogen-bond acceptors (Lipinski definition) is 3. The van der Waals surface area contributed by atoms with Crippen LogP contribution in [-0.4, -0.2) is 18.6 Å². The van der Waals surface area contributed by atoms with Crippen LogP contribution in [0.2, 0.25) is 0 Å². The number of thiazole rings is 1. The highest BCUT2D eigenvalue weighted by Crippen LogP contribution is 2.19. The number of aryl methyl sites for hydroxylation is 2. The van der Waals surface area contributed by atoms with E-state index in [0.717, 1.165) is 30.3 Å². The van der Waals surface area contributed by atoms with Crippen molar-refractivity contribution in [2.24, 2.45) is 0 Å². The molecule has 19 heavy (non-hydrogen) atoms. The third-order valence-electron chi connectivity index (χ3n) is 3.07. The van der Waals surface area contributed by atoms with Gasteiger partial charge in [0, 0.05) is 11.8 Å². The first kappa shape index (κ1) is 14.0. The Balaban J connectivity index is 1.83. The Morgan fingerprint density at radius 2 is 2.16 bits per heavy atom. The molecule has 2 aromatic rings. The Morgan fingerprint density at radius 1 is 1.32 bits per heavy atom. The third-order valence-corrected chi connectivity index (χ3v) is 3.90. The molecule has 0 aliphatic heterocycles. The van der Waals surface area contributed by atoms with Gasteiger partial charge in [-0.25, -0.2) is 4.98 Å². The molecular weight excluding hydrogens is 256 g/mol. The van der Waals surface area contributed by atoms with Crippen molar-refractivity contribution in [3.05, 3.63) is 45.4 Å². The summed E-state index contributed by atoms with van der Waals surface area (Å²) in [5.41, 5.74) is 3.75. The predicted molar refractivity (Wildman–Crippen MR) is 78.8 cm³/mol. The minimum Gasteiger partial charge on any atom is -0.496 e. The molecule has 102 valence electrons. The Hall–Kier alpha value is -1.39. The van der Waals surface area contributed by atoms with Crippen LogP contribution in [0, 0.1) is 13.8 Å². The van der Waals surface area contributed by atoms with Gasteiger partial charge in [-0.2, -0.15) is 0 Å². The highest BCUT2D eigenvalue weighted by molar-refractivity contribution is 7.09. The third kappa shape index (κ3) is 4.04. The number of nitrogens with two attached hydrogens (primary N) is 1. The van der Waals surface area contributed by atoms with Crippen molar-refractivity contribution in [2.75, 3.05) is 13.7 Å². The van der Waals surface area contributed by atoms with E-state index in [9.17, 15) is 0 Å². The summed E-state index contributed by atoms with van der Waals surface area (Å²) in [5.74, 6) is 0.989. The lowest BCUT2D eigenvalue weighted by Gasteiger charge is -2.08. The number of methoxy groups -OCH3 is 1. The van der Waals surface area contributed by atoms with E-state index in [2.05, 4.69) is 40.8 Å². The molecule has 1 heterocycles. The Bertz CT molecular complexity index is 537. The van der Waals surface area contributed by atoms with E-state index < -0.39 is 0 Å². The van der Waals surface area contributed by atoms with Gasteiger partial charge in [-0.3, -0.25) is 0 Å². The molecule has 0 spiro atoms. The number of nitrogens with zero attached hydrogens (tertiary/aromatic N) is 1. The topological polar surface area (TPSA) is 38.7 Å². The normalized spacial score (nSPS) is 10.7. The zero-order chi connectivity index (χ0) is 13.7. The fourth-order valence-electron chi connectivity index (χ4n) is 2.11. The SMILES string of the molecule is COc1ccc(C)cc1CC[NH2+]Cc1csc(C)n1. The van der Waals surface area contributed by atoms with E-state index in [4.69, 9.17) is 4.74 Å². The van der Waals surface area contributed by atoms with Crippen molar-refractivity contribution in [1.29, 1.82) is 0 Å². The van der Waals surface area contributed by atoms with Crippen LogP contribution in [0.4, 0.5) is 0 Å². The first-order valence-corrected chi connectivity index (χ1v) is 7.43. The molecule has 0 unspecified atom stereocenters. The number of ether oxygens (including phenoxy) is 1. The minimum atomic E-state index is 0.957. The molecule has 0 atom stereocenters. The summed E-state index contributed by atoms with van der Waals surface area (Å²) in [6.45, 7) is 6.17. The van der Waals surface area contributed by atoms with Crippen molar-refractivity contribution in [3.8, 4) is 5.75 Å². The molecule has 3 nitrogen and oxygen atoms in total. The summed E-state index contributed by atoms with van der Waals surface area (Å²) < 4.78 is 5.39. The van der Waals surface area contributed by atoms with Crippen molar-refractivity contribution in [3.63, 3.8) is 0 Å². The monoisotopic (exact) mass is 277 g/mol. The maximum absolute atomic E-state index is 5.39. The van der Waals surface area contributed by atoms with Crippen LogP contribution in [-0.2, 0) is 13.0 Å². The van der Waals surface area contributed by atoms with Crippen LogP contribution in [0.5, 0.6) is 5.75 Å². The van der Waals surface area contributed by atoms with Crippen molar-refractivity contribution >= 4 is 11.3 Å². The summed E-state index contributed by atoms with van der Waals surface area (Å²) in [6.07, 6.45) is 1.02. The molecule has 0 aliphatic carbocycles. The number of aromatic nitrogens is 1. The quantitative estimate of drug-likeness (QED) is 0.821. The molecular formula is C15H21N2OS+. The van der Waals surface area contributed by atoms with E-state index in [1.807, 2.05) is 6.92 Å². The molecule has 0 amide bonds. The van der Waals surface area contributed by atoms with Crippen LogP contribution in [0.25, 0.3) is 0 Å². The highest BCUT2D eigenvalue weighted by atomic mass is 32.1. The first-order valence-electron chi connectivity index (χ1n) is 6.55. The Morgan fingerprint density at radius 3 is 2.84 bits per heavy atom. The Kier molecular flexibility index (Phi) is 4.93. The molecule has 0 saturated heterocycles. The summed E-state index contributed by atoms with van der Waals surface area (Å²) in [5, 5.41) is 5.58. The lowest BCUT2D eigenvalue weighted by Crippen LogP contribution is -2.83. The first-order chi connectivity index (χ1) is 9.19. The minimum absolute atomic E-state index is 0.957. The lowest BCUT2D eigenvalue weighted by molar-refractivity contribution is -0.670.